The van der Waals surface area contributed by atoms with Gasteiger partial charge in [0.15, 0.2) is 0 Å². The van der Waals surface area contributed by atoms with Crippen molar-refractivity contribution in [1.82, 2.24) is 14.9 Å². The molecule has 0 fully saturated rings. The van der Waals surface area contributed by atoms with Crippen LogP contribution in [-0.2, 0) is 19.6 Å². The molecular formula is C16H17N3O6S. The number of carbonyl (C=O) groups excluding carboxylic acids is 3. The highest BCUT2D eigenvalue weighted by Crippen LogP contribution is 2.31. The summed E-state index contributed by atoms with van der Waals surface area (Å²) in [6, 6.07) is 4.55. The number of carbonyl (C=O) groups is 3. The first-order valence-electron chi connectivity index (χ1n) is 7.91. The zero-order chi connectivity index (χ0) is 19.1. The molecule has 1 aromatic carbocycles. The molecule has 2 heterocycles. The Labute approximate surface area is 150 Å². The first-order valence-corrected chi connectivity index (χ1v) is 9.35. The molecular weight excluding hydrogens is 362 g/mol. The third-order valence-electron chi connectivity index (χ3n) is 4.08. The number of hydrogen-bond acceptors (Lipinski definition) is 6. The maximum atomic E-state index is 12.7. The molecule has 2 aliphatic rings. The van der Waals surface area contributed by atoms with Gasteiger partial charge in [-0.15, -0.1) is 0 Å². The molecule has 0 unspecified atom stereocenters. The molecule has 0 aromatic heterocycles. The fourth-order valence-electron chi connectivity index (χ4n) is 2.94. The topological polar surface area (TPSA) is 122 Å². The van der Waals surface area contributed by atoms with E-state index in [2.05, 4.69) is 10.6 Å². The highest BCUT2D eigenvalue weighted by atomic mass is 32.2. The van der Waals surface area contributed by atoms with Gasteiger partial charge in [-0.05, 0) is 26.0 Å². The summed E-state index contributed by atoms with van der Waals surface area (Å²) in [6.07, 6.45) is 0. The van der Waals surface area contributed by atoms with Crippen LogP contribution in [0.25, 0.3) is 0 Å². The second-order valence-corrected chi connectivity index (χ2v) is 7.58. The minimum absolute atomic E-state index is 0.0180. The van der Waals surface area contributed by atoms with Crippen molar-refractivity contribution in [2.75, 3.05) is 13.2 Å². The highest BCUT2D eigenvalue weighted by molar-refractivity contribution is 7.90. The number of nitrogens with zero attached hydrogens (tertiary/aromatic N) is 1. The van der Waals surface area contributed by atoms with Crippen molar-refractivity contribution in [1.29, 1.82) is 0 Å². The van der Waals surface area contributed by atoms with Crippen LogP contribution in [0.4, 0.5) is 4.79 Å². The van der Waals surface area contributed by atoms with Gasteiger partial charge in [0, 0.05) is 0 Å². The monoisotopic (exact) mass is 379 g/mol. The third kappa shape index (κ3) is 2.81. The van der Waals surface area contributed by atoms with E-state index in [1.807, 2.05) is 0 Å². The number of amides is 3. The summed E-state index contributed by atoms with van der Waals surface area (Å²) in [4.78, 5) is 36.5. The smallest absolute Gasteiger partial charge is 0.337 e. The average molecular weight is 379 g/mol. The molecule has 10 heteroatoms. The Hall–Kier alpha value is -2.88. The van der Waals surface area contributed by atoms with Gasteiger partial charge >= 0.3 is 12.0 Å². The van der Waals surface area contributed by atoms with Crippen molar-refractivity contribution >= 4 is 27.9 Å². The van der Waals surface area contributed by atoms with E-state index in [4.69, 9.17) is 4.74 Å². The molecule has 26 heavy (non-hydrogen) atoms. The van der Waals surface area contributed by atoms with Crippen LogP contribution in [0.5, 0.6) is 0 Å². The number of esters is 1. The fraction of sp³-hybridized carbons (Fsp3) is 0.312. The first kappa shape index (κ1) is 17.9. The lowest BCUT2D eigenvalue weighted by Crippen LogP contribution is -2.51. The summed E-state index contributed by atoms with van der Waals surface area (Å²) < 4.78 is 31.0. The molecule has 2 aliphatic heterocycles. The van der Waals surface area contributed by atoms with Crippen LogP contribution in [-0.4, -0.2) is 49.8 Å². The molecule has 138 valence electrons. The van der Waals surface area contributed by atoms with Gasteiger partial charge in [0.25, 0.3) is 15.9 Å². The van der Waals surface area contributed by atoms with E-state index >= 15 is 0 Å². The highest BCUT2D eigenvalue weighted by Gasteiger charge is 2.42. The lowest BCUT2D eigenvalue weighted by molar-refractivity contribution is -0.139. The molecule has 0 bridgehead atoms. The van der Waals surface area contributed by atoms with Crippen molar-refractivity contribution in [3.63, 3.8) is 0 Å². The van der Waals surface area contributed by atoms with Gasteiger partial charge in [-0.25, -0.2) is 22.3 Å². The molecule has 9 nitrogen and oxygen atoms in total. The van der Waals surface area contributed by atoms with Crippen LogP contribution in [0.15, 0.2) is 40.4 Å². The zero-order valence-electron chi connectivity index (χ0n) is 14.1. The summed E-state index contributed by atoms with van der Waals surface area (Å²) in [6.45, 7) is 2.84. The second-order valence-electron chi connectivity index (χ2n) is 5.75. The average Bonchev–Trinajstić information content (AvgIpc) is 2.76. The lowest BCUT2D eigenvalue weighted by atomic mass is 10.0. The van der Waals surface area contributed by atoms with Gasteiger partial charge in [-0.2, -0.15) is 0 Å². The van der Waals surface area contributed by atoms with Crippen LogP contribution < -0.4 is 10.6 Å². The Kier molecular flexibility index (Phi) is 4.45. The van der Waals surface area contributed by atoms with E-state index in [0.29, 0.717) is 4.31 Å². The van der Waals surface area contributed by atoms with Gasteiger partial charge in [-0.3, -0.25) is 4.79 Å². The lowest BCUT2D eigenvalue weighted by Gasteiger charge is -2.28. The molecule has 3 amide bonds. The molecule has 0 aliphatic carbocycles. The Morgan fingerprint density at radius 1 is 1.27 bits per heavy atom. The number of fused-ring (bicyclic) bond motifs is 1. The molecule has 0 saturated heterocycles. The van der Waals surface area contributed by atoms with Crippen molar-refractivity contribution in [2.24, 2.45) is 0 Å². The Balaban J connectivity index is 2.03. The number of sulfonamides is 1. The van der Waals surface area contributed by atoms with E-state index in [1.54, 1.807) is 19.9 Å². The van der Waals surface area contributed by atoms with E-state index in [9.17, 15) is 22.8 Å². The quantitative estimate of drug-likeness (QED) is 0.728. The molecule has 1 atom stereocenters. The summed E-state index contributed by atoms with van der Waals surface area (Å²) >= 11 is 0. The van der Waals surface area contributed by atoms with Gasteiger partial charge < -0.3 is 15.4 Å². The number of nitrogens with one attached hydrogen (secondary N) is 2. The van der Waals surface area contributed by atoms with E-state index < -0.39 is 40.5 Å². The molecule has 3 rings (SSSR count). The summed E-state index contributed by atoms with van der Waals surface area (Å²) in [5.74, 6) is -1.40. The molecule has 0 radical (unpaired) electrons. The zero-order valence-corrected chi connectivity index (χ0v) is 14.9. The van der Waals surface area contributed by atoms with E-state index in [-0.39, 0.29) is 28.3 Å². The van der Waals surface area contributed by atoms with Crippen molar-refractivity contribution in [2.45, 2.75) is 24.8 Å². The number of hydrogen-bond donors (Lipinski definition) is 2. The van der Waals surface area contributed by atoms with Crippen LogP contribution >= 0.6 is 0 Å². The predicted molar refractivity (Wildman–Crippen MR) is 89.5 cm³/mol. The van der Waals surface area contributed by atoms with Crippen molar-refractivity contribution in [3.8, 4) is 0 Å². The summed E-state index contributed by atoms with van der Waals surface area (Å²) in [5.41, 5.74) is 0.147. The SMILES string of the molecule is CCOC(=O)C1=C(CN2C(=O)c3ccccc3S2(=O)=O)NC(=O)N[C@@H]1C. The number of urea groups is 1. The van der Waals surface area contributed by atoms with Crippen LogP contribution in [0, 0.1) is 0 Å². The van der Waals surface area contributed by atoms with Crippen molar-refractivity contribution in [3.05, 3.63) is 41.1 Å². The number of benzene rings is 1. The Morgan fingerprint density at radius 2 is 1.96 bits per heavy atom. The van der Waals surface area contributed by atoms with E-state index in [1.165, 1.54) is 18.2 Å². The van der Waals surface area contributed by atoms with Crippen LogP contribution in [0.1, 0.15) is 24.2 Å². The largest absolute Gasteiger partial charge is 0.463 e. The normalized spacial score (nSPS) is 21.2. The fourth-order valence-corrected chi connectivity index (χ4v) is 4.47. The van der Waals surface area contributed by atoms with Crippen LogP contribution in [0.3, 0.4) is 0 Å². The Bertz CT molecular complexity index is 937. The summed E-state index contributed by atoms with van der Waals surface area (Å²) in [5, 5.41) is 4.93. The third-order valence-corrected chi connectivity index (χ3v) is 5.87. The molecule has 0 spiro atoms. The Morgan fingerprint density at radius 3 is 2.62 bits per heavy atom. The maximum Gasteiger partial charge on any atom is 0.337 e. The van der Waals surface area contributed by atoms with Crippen LogP contribution in [0.2, 0.25) is 0 Å². The number of ether oxygens (including phenoxy) is 1. The van der Waals surface area contributed by atoms with Crippen molar-refractivity contribution < 1.29 is 27.5 Å². The first-order chi connectivity index (χ1) is 12.3. The minimum atomic E-state index is -4.07. The molecule has 2 N–H and O–H groups in total. The minimum Gasteiger partial charge on any atom is -0.463 e. The summed E-state index contributed by atoms with van der Waals surface area (Å²) in [7, 11) is -4.07. The van der Waals surface area contributed by atoms with Gasteiger partial charge in [0.2, 0.25) is 0 Å². The van der Waals surface area contributed by atoms with Gasteiger partial charge in [-0.1, -0.05) is 12.1 Å². The number of rotatable bonds is 4. The molecule has 0 saturated carbocycles. The van der Waals surface area contributed by atoms with E-state index in [0.717, 1.165) is 0 Å². The predicted octanol–water partition coefficient (Wildman–Crippen LogP) is 0.350. The second kappa shape index (κ2) is 6.45. The maximum absolute atomic E-state index is 12.7. The molecule has 1 aromatic rings. The van der Waals surface area contributed by atoms with Gasteiger partial charge in [0.1, 0.15) is 4.90 Å². The van der Waals surface area contributed by atoms with Gasteiger partial charge in [0.05, 0.1) is 36.0 Å². The standard InChI is InChI=1S/C16H17N3O6S/c1-3-25-15(21)13-9(2)17-16(22)18-11(13)8-19-14(20)10-6-4-5-7-12(10)26(19,23)24/h4-7,9H,3,8H2,1-2H3,(H2,17,18,22)/t9-/m1/s1.